The quantitative estimate of drug-likeness (QED) is 0.257. The van der Waals surface area contributed by atoms with E-state index in [0.29, 0.717) is 23.2 Å². The van der Waals surface area contributed by atoms with E-state index in [1.807, 2.05) is 85.0 Å². The zero-order valence-electron chi connectivity index (χ0n) is 23.7. The standard InChI is InChI=1S/C36H36N2O2/c1-25(2)37(23-27-11-7-5-8-12-27)31-19-15-29(16-20-31)33-35(39)34(36(33)40)30-17-21-32(22-18-30)38(26(3)4)24-28-13-9-6-10-14-28/h5-22,25-26H,23-24H2,1-4H3. The SMILES string of the molecule is CC(C)N(Cc1ccccc1)c1ccc(C2=C([O-])C(=C3C=CC(=[N+](Cc4ccccc4)C(C)C)C=C3)C2=O)cc1. The summed E-state index contributed by atoms with van der Waals surface area (Å²) in [6, 6.07) is 29.1. The van der Waals surface area contributed by atoms with Crippen LogP contribution in [0.5, 0.6) is 0 Å². The van der Waals surface area contributed by atoms with Crippen LogP contribution in [0.4, 0.5) is 5.69 Å². The lowest BCUT2D eigenvalue weighted by Crippen LogP contribution is -2.31. The van der Waals surface area contributed by atoms with Crippen LogP contribution in [-0.4, -0.2) is 28.2 Å². The van der Waals surface area contributed by atoms with Gasteiger partial charge >= 0.3 is 0 Å². The number of rotatable bonds is 8. The number of carbonyl (C=O) groups excluding carboxylic acids is 1. The minimum Gasteiger partial charge on any atom is -0.871 e. The number of benzene rings is 3. The van der Waals surface area contributed by atoms with Crippen molar-refractivity contribution in [2.24, 2.45) is 0 Å². The van der Waals surface area contributed by atoms with Crippen LogP contribution in [0.1, 0.15) is 44.4 Å². The van der Waals surface area contributed by atoms with Crippen LogP contribution in [0.15, 0.2) is 126 Å². The molecule has 2 aliphatic rings. The molecule has 3 aromatic rings. The molecule has 0 N–H and O–H groups in total. The molecular formula is C36H36N2O2. The summed E-state index contributed by atoms with van der Waals surface area (Å²) >= 11 is 0. The van der Waals surface area contributed by atoms with E-state index in [0.717, 1.165) is 24.5 Å². The smallest absolute Gasteiger partial charge is 0.200 e. The second-order valence-corrected chi connectivity index (χ2v) is 10.9. The first-order chi connectivity index (χ1) is 19.3. The third kappa shape index (κ3) is 5.62. The van der Waals surface area contributed by atoms with Crippen molar-refractivity contribution in [3.63, 3.8) is 0 Å². The topological polar surface area (TPSA) is 46.4 Å². The highest BCUT2D eigenvalue weighted by Crippen LogP contribution is 2.38. The molecule has 4 nitrogen and oxygen atoms in total. The molecule has 0 atom stereocenters. The first-order valence-electron chi connectivity index (χ1n) is 14.0. The fourth-order valence-corrected chi connectivity index (χ4v) is 5.26. The Morgan fingerprint density at radius 2 is 1.30 bits per heavy atom. The van der Waals surface area contributed by atoms with Gasteiger partial charge < -0.3 is 10.0 Å². The lowest BCUT2D eigenvalue weighted by molar-refractivity contribution is -0.572. The van der Waals surface area contributed by atoms with Gasteiger partial charge in [-0.25, -0.2) is 4.58 Å². The molecule has 0 bridgehead atoms. The second kappa shape index (κ2) is 11.7. The molecule has 0 saturated heterocycles. The van der Waals surface area contributed by atoms with Crippen molar-refractivity contribution < 1.29 is 14.5 Å². The summed E-state index contributed by atoms with van der Waals surface area (Å²) < 4.78 is 2.31. The van der Waals surface area contributed by atoms with Crippen LogP contribution in [0.3, 0.4) is 0 Å². The number of hydrogen-bond acceptors (Lipinski definition) is 3. The van der Waals surface area contributed by atoms with E-state index in [1.165, 1.54) is 11.1 Å². The van der Waals surface area contributed by atoms with Crippen molar-refractivity contribution in [3.8, 4) is 0 Å². The van der Waals surface area contributed by atoms with E-state index in [4.69, 9.17) is 0 Å². The number of nitrogens with zero attached hydrogens (tertiary/aromatic N) is 2. The Morgan fingerprint density at radius 1 is 0.725 bits per heavy atom. The highest BCUT2D eigenvalue weighted by atomic mass is 16.3. The summed E-state index contributed by atoms with van der Waals surface area (Å²) in [4.78, 5) is 15.5. The molecule has 0 unspecified atom stereocenters. The van der Waals surface area contributed by atoms with E-state index in [1.54, 1.807) is 0 Å². The summed E-state index contributed by atoms with van der Waals surface area (Å²) in [7, 11) is 0. The molecule has 3 aromatic carbocycles. The third-order valence-electron chi connectivity index (χ3n) is 7.52. The van der Waals surface area contributed by atoms with Crippen molar-refractivity contribution in [1.29, 1.82) is 0 Å². The lowest BCUT2D eigenvalue weighted by Gasteiger charge is -2.33. The minimum absolute atomic E-state index is 0.180. The maximum absolute atomic E-state index is 13.2. The fraction of sp³-hybridized carbons (Fsp3) is 0.222. The predicted molar refractivity (Wildman–Crippen MR) is 162 cm³/mol. The molecule has 0 saturated carbocycles. The summed E-state index contributed by atoms with van der Waals surface area (Å²) in [5.74, 6) is -0.360. The van der Waals surface area contributed by atoms with Crippen LogP contribution in [0, 0.1) is 0 Å². The Hall–Kier alpha value is -4.44. The molecule has 5 rings (SSSR count). The maximum Gasteiger partial charge on any atom is 0.200 e. The van der Waals surface area contributed by atoms with E-state index in [-0.39, 0.29) is 22.7 Å². The molecular weight excluding hydrogens is 492 g/mol. The van der Waals surface area contributed by atoms with Gasteiger partial charge in [0, 0.05) is 47.1 Å². The molecule has 2 aliphatic carbocycles. The Bertz CT molecular complexity index is 1520. The molecule has 0 radical (unpaired) electrons. The molecule has 0 heterocycles. The van der Waals surface area contributed by atoms with Gasteiger partial charge in [0.05, 0.1) is 0 Å². The zero-order valence-corrected chi connectivity index (χ0v) is 23.7. The number of allylic oxidation sites excluding steroid dienone is 7. The average Bonchev–Trinajstić information content (AvgIpc) is 2.96. The second-order valence-electron chi connectivity index (χ2n) is 10.9. The van der Waals surface area contributed by atoms with Crippen LogP contribution in [0.25, 0.3) is 5.57 Å². The summed E-state index contributed by atoms with van der Waals surface area (Å²) in [5.41, 5.74) is 6.50. The van der Waals surface area contributed by atoms with Crippen molar-refractivity contribution in [2.45, 2.75) is 52.9 Å². The highest BCUT2D eigenvalue weighted by molar-refractivity contribution is 6.39. The monoisotopic (exact) mass is 528 g/mol. The van der Waals surface area contributed by atoms with Gasteiger partial charge in [-0.3, -0.25) is 4.79 Å². The largest absolute Gasteiger partial charge is 0.871 e. The van der Waals surface area contributed by atoms with Crippen molar-refractivity contribution in [2.75, 3.05) is 4.90 Å². The summed E-state index contributed by atoms with van der Waals surface area (Å²) in [6.07, 6.45) is 7.80. The van der Waals surface area contributed by atoms with E-state index >= 15 is 0 Å². The Balaban J connectivity index is 1.36. The van der Waals surface area contributed by atoms with Gasteiger partial charge in [-0.1, -0.05) is 78.6 Å². The summed E-state index contributed by atoms with van der Waals surface area (Å²) in [5, 5.41) is 13.2. The van der Waals surface area contributed by atoms with Gasteiger partial charge in [-0.2, -0.15) is 0 Å². The lowest BCUT2D eigenvalue weighted by atomic mass is 9.80. The zero-order chi connectivity index (χ0) is 28.2. The van der Waals surface area contributed by atoms with Crippen LogP contribution >= 0.6 is 0 Å². The van der Waals surface area contributed by atoms with Gasteiger partial charge in [-0.15, -0.1) is 0 Å². The van der Waals surface area contributed by atoms with E-state index in [2.05, 4.69) is 61.4 Å². The number of carbonyl (C=O) groups is 1. The minimum atomic E-state index is -0.180. The molecule has 0 aliphatic heterocycles. The molecule has 202 valence electrons. The fourth-order valence-electron chi connectivity index (χ4n) is 5.26. The van der Waals surface area contributed by atoms with Crippen molar-refractivity contribution >= 4 is 22.8 Å². The third-order valence-corrected chi connectivity index (χ3v) is 7.52. The molecule has 0 aromatic heterocycles. The van der Waals surface area contributed by atoms with E-state index in [9.17, 15) is 9.90 Å². The van der Waals surface area contributed by atoms with Crippen LogP contribution < -0.4 is 10.0 Å². The molecule has 0 fully saturated rings. The van der Waals surface area contributed by atoms with Gasteiger partial charge in [-0.05, 0) is 68.7 Å². The number of Topliss-reactive ketones (excluding diaryl/α,β-unsaturated/α-hetero) is 1. The molecule has 4 heteroatoms. The van der Waals surface area contributed by atoms with Crippen LogP contribution in [-0.2, 0) is 17.9 Å². The Kier molecular flexibility index (Phi) is 7.97. The van der Waals surface area contributed by atoms with Gasteiger partial charge in [0.25, 0.3) is 0 Å². The number of anilines is 1. The molecule has 0 spiro atoms. The van der Waals surface area contributed by atoms with Crippen molar-refractivity contribution in [3.05, 3.63) is 143 Å². The normalized spacial score (nSPS) is 14.8. The number of ketones is 1. The first kappa shape index (κ1) is 27.1. The first-order valence-corrected chi connectivity index (χ1v) is 14.0. The highest BCUT2D eigenvalue weighted by Gasteiger charge is 2.31. The molecule has 40 heavy (non-hydrogen) atoms. The Labute approximate surface area is 237 Å². The summed E-state index contributed by atoms with van der Waals surface area (Å²) in [6.45, 7) is 10.2. The maximum atomic E-state index is 13.2. The Morgan fingerprint density at radius 3 is 1.82 bits per heavy atom. The van der Waals surface area contributed by atoms with Crippen LogP contribution in [0.2, 0.25) is 0 Å². The predicted octanol–water partition coefficient (Wildman–Crippen LogP) is 6.24. The van der Waals surface area contributed by atoms with E-state index < -0.39 is 0 Å². The average molecular weight is 529 g/mol. The molecule has 0 amide bonds. The van der Waals surface area contributed by atoms with Gasteiger partial charge in [0.2, 0.25) is 0 Å². The van der Waals surface area contributed by atoms with Gasteiger partial charge in [0.15, 0.2) is 18.0 Å². The van der Waals surface area contributed by atoms with Crippen molar-refractivity contribution in [1.82, 2.24) is 0 Å². The van der Waals surface area contributed by atoms with Gasteiger partial charge in [0.1, 0.15) is 6.04 Å². The number of hydrogen-bond donors (Lipinski definition) is 0.